The van der Waals surface area contributed by atoms with Crippen LogP contribution in [0.25, 0.3) is 11.3 Å². The third kappa shape index (κ3) is 4.62. The lowest BCUT2D eigenvalue weighted by Crippen LogP contribution is -2.44. The molecule has 2 aliphatic heterocycles. The minimum atomic E-state index is -0.00511. The number of carbonyl (C=O) groups is 1. The predicted octanol–water partition coefficient (Wildman–Crippen LogP) is 2.74. The van der Waals surface area contributed by atoms with Gasteiger partial charge in [0.2, 0.25) is 5.91 Å². The van der Waals surface area contributed by atoms with Crippen LogP contribution in [0.3, 0.4) is 0 Å². The second-order valence-electron chi connectivity index (χ2n) is 8.17. The van der Waals surface area contributed by atoms with Gasteiger partial charge in [-0.05, 0) is 49.9 Å². The van der Waals surface area contributed by atoms with Gasteiger partial charge in [0.15, 0.2) is 0 Å². The summed E-state index contributed by atoms with van der Waals surface area (Å²) in [5, 5.41) is 10.3. The molecule has 29 heavy (non-hydrogen) atoms. The van der Waals surface area contributed by atoms with E-state index in [4.69, 9.17) is 9.47 Å². The van der Waals surface area contributed by atoms with Gasteiger partial charge in [-0.2, -0.15) is 5.10 Å². The monoisotopic (exact) mass is 398 g/mol. The molecule has 2 aromatic rings. The Hall–Kier alpha value is -2.38. The largest absolute Gasteiger partial charge is 0.497 e. The Kier molecular flexibility index (Phi) is 5.87. The standard InChI is InChI=1S/C22H30N4O3/c1-16(27)23-14-20-7-8-22(29-20)9-11-26(12-10-22)15-18-13-24-25-21(18)17-3-5-19(28-2)6-4-17/h3-6,13,20H,7-12,14-15H2,1-2H3,(H,23,27)(H,24,25). The highest BCUT2D eigenvalue weighted by molar-refractivity contribution is 5.72. The first-order valence-electron chi connectivity index (χ1n) is 10.4. The number of hydrogen-bond donors (Lipinski definition) is 2. The van der Waals surface area contributed by atoms with Crippen LogP contribution in [0, 0.1) is 0 Å². The molecule has 156 valence electrons. The van der Waals surface area contributed by atoms with Crippen LogP contribution in [-0.2, 0) is 16.1 Å². The summed E-state index contributed by atoms with van der Waals surface area (Å²) in [5.41, 5.74) is 3.39. The van der Waals surface area contributed by atoms with Crippen LogP contribution < -0.4 is 10.1 Å². The number of piperidine rings is 1. The van der Waals surface area contributed by atoms with E-state index in [1.54, 1.807) is 14.0 Å². The number of ether oxygens (including phenoxy) is 2. The highest BCUT2D eigenvalue weighted by Gasteiger charge is 2.42. The molecule has 7 heteroatoms. The van der Waals surface area contributed by atoms with Gasteiger partial charge in [0, 0.05) is 44.2 Å². The number of aromatic nitrogens is 2. The van der Waals surface area contributed by atoms with Crippen molar-refractivity contribution in [1.29, 1.82) is 0 Å². The number of aromatic amines is 1. The first-order chi connectivity index (χ1) is 14.1. The molecular formula is C22H30N4O3. The third-order valence-electron chi connectivity index (χ3n) is 6.18. The summed E-state index contributed by atoms with van der Waals surface area (Å²) in [6.45, 7) is 5.09. The fourth-order valence-electron chi connectivity index (χ4n) is 4.46. The van der Waals surface area contributed by atoms with Gasteiger partial charge in [-0.25, -0.2) is 0 Å². The van der Waals surface area contributed by atoms with Gasteiger partial charge < -0.3 is 14.8 Å². The second-order valence-corrected chi connectivity index (χ2v) is 8.17. The van der Waals surface area contributed by atoms with Gasteiger partial charge in [0.1, 0.15) is 5.75 Å². The van der Waals surface area contributed by atoms with E-state index in [1.807, 2.05) is 18.3 Å². The van der Waals surface area contributed by atoms with Gasteiger partial charge in [-0.1, -0.05) is 0 Å². The molecule has 1 amide bonds. The zero-order valence-electron chi connectivity index (χ0n) is 17.2. The molecule has 1 spiro atoms. The van der Waals surface area contributed by atoms with E-state index in [-0.39, 0.29) is 17.6 Å². The number of likely N-dealkylation sites (tertiary alicyclic amines) is 1. The molecule has 2 saturated heterocycles. The fourth-order valence-corrected chi connectivity index (χ4v) is 4.46. The zero-order chi connectivity index (χ0) is 20.3. The van der Waals surface area contributed by atoms with Gasteiger partial charge >= 0.3 is 0 Å². The summed E-state index contributed by atoms with van der Waals surface area (Å²) in [6, 6.07) is 8.06. The van der Waals surface area contributed by atoms with E-state index in [0.717, 1.165) is 62.3 Å². The van der Waals surface area contributed by atoms with Crippen molar-refractivity contribution in [2.24, 2.45) is 0 Å². The Morgan fingerprint density at radius 1 is 1.31 bits per heavy atom. The fraction of sp³-hybridized carbons (Fsp3) is 0.545. The average Bonchev–Trinajstić information content (AvgIpc) is 3.36. The smallest absolute Gasteiger partial charge is 0.216 e. The zero-order valence-corrected chi connectivity index (χ0v) is 17.2. The molecule has 3 heterocycles. The quantitative estimate of drug-likeness (QED) is 0.782. The van der Waals surface area contributed by atoms with Crippen LogP contribution in [0.4, 0.5) is 0 Å². The molecule has 1 aromatic carbocycles. The van der Waals surface area contributed by atoms with E-state index in [0.29, 0.717) is 6.54 Å². The van der Waals surface area contributed by atoms with Crippen molar-refractivity contribution in [2.75, 3.05) is 26.7 Å². The van der Waals surface area contributed by atoms with Gasteiger partial charge in [-0.15, -0.1) is 0 Å². The van der Waals surface area contributed by atoms with Crippen molar-refractivity contribution in [3.8, 4) is 17.0 Å². The van der Waals surface area contributed by atoms with Crippen molar-refractivity contribution in [3.05, 3.63) is 36.0 Å². The number of nitrogens with zero attached hydrogens (tertiary/aromatic N) is 2. The van der Waals surface area contributed by atoms with Gasteiger partial charge in [-0.3, -0.25) is 14.8 Å². The SMILES string of the molecule is COc1ccc(-c2[nH]ncc2CN2CCC3(CCC(CNC(C)=O)O3)CC2)cc1. The summed E-state index contributed by atoms with van der Waals surface area (Å²) >= 11 is 0. The Morgan fingerprint density at radius 3 is 2.76 bits per heavy atom. The highest BCUT2D eigenvalue weighted by atomic mass is 16.5. The molecule has 0 bridgehead atoms. The van der Waals surface area contributed by atoms with Crippen LogP contribution in [0.1, 0.15) is 38.2 Å². The molecular weight excluding hydrogens is 368 g/mol. The molecule has 1 atom stereocenters. The lowest BCUT2D eigenvalue weighted by atomic mass is 9.88. The number of rotatable bonds is 6. The van der Waals surface area contributed by atoms with Crippen LogP contribution >= 0.6 is 0 Å². The average molecular weight is 399 g/mol. The maximum absolute atomic E-state index is 11.1. The topological polar surface area (TPSA) is 79.5 Å². The summed E-state index contributed by atoms with van der Waals surface area (Å²) in [5.74, 6) is 0.863. The van der Waals surface area contributed by atoms with Crippen molar-refractivity contribution in [1.82, 2.24) is 20.4 Å². The van der Waals surface area contributed by atoms with E-state index >= 15 is 0 Å². The first kappa shape index (κ1) is 19.9. The molecule has 1 aromatic heterocycles. The van der Waals surface area contributed by atoms with E-state index in [9.17, 15) is 4.79 Å². The Balaban J connectivity index is 1.33. The normalized spacial score (nSPS) is 21.4. The molecule has 0 aliphatic carbocycles. The molecule has 0 radical (unpaired) electrons. The van der Waals surface area contributed by atoms with E-state index in [1.165, 1.54) is 5.56 Å². The van der Waals surface area contributed by atoms with Crippen molar-refractivity contribution < 1.29 is 14.3 Å². The molecule has 4 rings (SSSR count). The van der Waals surface area contributed by atoms with E-state index in [2.05, 4.69) is 32.5 Å². The van der Waals surface area contributed by atoms with Crippen LogP contribution in [0.15, 0.2) is 30.5 Å². The van der Waals surface area contributed by atoms with E-state index < -0.39 is 0 Å². The van der Waals surface area contributed by atoms with Gasteiger partial charge in [0.05, 0.1) is 30.7 Å². The highest BCUT2D eigenvalue weighted by Crippen LogP contribution is 2.39. The lowest BCUT2D eigenvalue weighted by molar-refractivity contribution is -0.120. The molecule has 2 N–H and O–H groups in total. The second kappa shape index (κ2) is 8.55. The minimum Gasteiger partial charge on any atom is -0.497 e. The maximum Gasteiger partial charge on any atom is 0.216 e. The first-order valence-corrected chi connectivity index (χ1v) is 10.4. The summed E-state index contributed by atoms with van der Waals surface area (Å²) in [4.78, 5) is 13.6. The minimum absolute atomic E-state index is 0.00511. The van der Waals surface area contributed by atoms with Crippen LogP contribution in [-0.4, -0.2) is 59.5 Å². The number of H-pyrrole nitrogens is 1. The number of amides is 1. The number of methoxy groups -OCH3 is 1. The van der Waals surface area contributed by atoms with Crippen molar-refractivity contribution in [2.45, 2.75) is 50.9 Å². The lowest BCUT2D eigenvalue weighted by Gasteiger charge is -2.39. The summed E-state index contributed by atoms with van der Waals surface area (Å²) < 4.78 is 11.6. The Bertz CT molecular complexity index is 825. The van der Waals surface area contributed by atoms with Crippen molar-refractivity contribution >= 4 is 5.91 Å². The number of benzene rings is 1. The number of hydrogen-bond acceptors (Lipinski definition) is 5. The Morgan fingerprint density at radius 2 is 2.07 bits per heavy atom. The van der Waals surface area contributed by atoms with Crippen LogP contribution in [0.2, 0.25) is 0 Å². The van der Waals surface area contributed by atoms with Crippen molar-refractivity contribution in [3.63, 3.8) is 0 Å². The summed E-state index contributed by atoms with van der Waals surface area (Å²) in [7, 11) is 1.68. The number of nitrogens with one attached hydrogen (secondary N) is 2. The molecule has 7 nitrogen and oxygen atoms in total. The molecule has 1 unspecified atom stereocenters. The Labute approximate surface area is 171 Å². The number of carbonyl (C=O) groups excluding carboxylic acids is 1. The summed E-state index contributed by atoms with van der Waals surface area (Å²) in [6.07, 6.45) is 6.29. The third-order valence-corrected chi connectivity index (χ3v) is 6.18. The predicted molar refractivity (Wildman–Crippen MR) is 111 cm³/mol. The molecule has 2 fully saturated rings. The molecule has 2 aliphatic rings. The maximum atomic E-state index is 11.1. The van der Waals surface area contributed by atoms with Gasteiger partial charge in [0.25, 0.3) is 0 Å². The molecule has 0 saturated carbocycles. The van der Waals surface area contributed by atoms with Crippen LogP contribution in [0.5, 0.6) is 5.75 Å².